The summed E-state index contributed by atoms with van der Waals surface area (Å²) in [5.41, 5.74) is 2.90. The van der Waals surface area contributed by atoms with Crippen LogP contribution < -0.4 is 0 Å². The van der Waals surface area contributed by atoms with E-state index >= 15 is 0 Å². The van der Waals surface area contributed by atoms with Crippen molar-refractivity contribution in [2.24, 2.45) is 0 Å². The van der Waals surface area contributed by atoms with Crippen molar-refractivity contribution < 1.29 is 9.21 Å². The van der Waals surface area contributed by atoms with Crippen LogP contribution in [0.5, 0.6) is 0 Å². The number of hydrogen-bond acceptors (Lipinski definition) is 7. The monoisotopic (exact) mass is 405 g/mol. The van der Waals surface area contributed by atoms with Crippen LogP contribution >= 0.6 is 0 Å². The van der Waals surface area contributed by atoms with Crippen molar-refractivity contribution in [2.75, 3.05) is 27.2 Å². The lowest BCUT2D eigenvalue weighted by Crippen LogP contribution is -2.35. The van der Waals surface area contributed by atoms with Crippen molar-refractivity contribution in [2.45, 2.75) is 25.3 Å². The zero-order chi connectivity index (χ0) is 21.1. The molecule has 0 spiro atoms. The second-order valence-electron chi connectivity index (χ2n) is 7.66. The Morgan fingerprint density at radius 1 is 1.33 bits per heavy atom. The summed E-state index contributed by atoms with van der Waals surface area (Å²) in [7, 11) is 3.49. The maximum atomic E-state index is 12.4. The van der Waals surface area contributed by atoms with E-state index in [1.165, 1.54) is 0 Å². The molecule has 0 aliphatic carbocycles. The van der Waals surface area contributed by atoms with Gasteiger partial charge in [0.05, 0.1) is 35.6 Å². The molecule has 0 radical (unpaired) electrons. The Bertz CT molecular complexity index is 1060. The molecule has 1 aliphatic heterocycles. The third kappa shape index (κ3) is 4.09. The standard InChI is InChI=1S/C21H23N7O2/c1-27(2)21(29)17-11-23-25-19(17)16-4-3-9-28(12-16)13-18-24-26-20(30-18)15-7-5-14(10-22)6-8-15/h5-8,11,16H,3-4,9,12-13H2,1-2H3,(H,23,25)/t16-/m1/s1. The highest BCUT2D eigenvalue weighted by atomic mass is 16.4. The molecule has 9 heteroatoms. The second-order valence-corrected chi connectivity index (χ2v) is 7.66. The summed E-state index contributed by atoms with van der Waals surface area (Å²) < 4.78 is 5.84. The molecule has 1 aromatic carbocycles. The summed E-state index contributed by atoms with van der Waals surface area (Å²) in [6.07, 6.45) is 3.61. The van der Waals surface area contributed by atoms with Gasteiger partial charge in [0.2, 0.25) is 11.8 Å². The number of aromatic amines is 1. The van der Waals surface area contributed by atoms with Crippen molar-refractivity contribution in [3.8, 4) is 17.5 Å². The van der Waals surface area contributed by atoms with E-state index in [1.54, 1.807) is 49.5 Å². The number of amides is 1. The van der Waals surface area contributed by atoms with Gasteiger partial charge in [-0.1, -0.05) is 0 Å². The minimum atomic E-state index is -0.0418. The fourth-order valence-electron chi connectivity index (χ4n) is 3.77. The van der Waals surface area contributed by atoms with Gasteiger partial charge in [-0.3, -0.25) is 14.8 Å². The molecule has 154 valence electrons. The molecule has 2 aromatic heterocycles. The molecular formula is C21H23N7O2. The van der Waals surface area contributed by atoms with Crippen molar-refractivity contribution in [3.05, 3.63) is 53.2 Å². The van der Waals surface area contributed by atoms with Crippen LogP contribution in [0.1, 0.15) is 46.3 Å². The van der Waals surface area contributed by atoms with E-state index in [4.69, 9.17) is 9.68 Å². The van der Waals surface area contributed by atoms with E-state index in [0.717, 1.165) is 37.2 Å². The summed E-state index contributed by atoms with van der Waals surface area (Å²) in [5, 5.41) is 24.4. The van der Waals surface area contributed by atoms with Crippen LogP contribution in [0.4, 0.5) is 0 Å². The number of likely N-dealkylation sites (tertiary alicyclic amines) is 1. The number of carbonyl (C=O) groups is 1. The quantitative estimate of drug-likeness (QED) is 0.693. The van der Waals surface area contributed by atoms with Gasteiger partial charge in [0.15, 0.2) is 0 Å². The van der Waals surface area contributed by atoms with E-state index in [-0.39, 0.29) is 11.8 Å². The number of aromatic nitrogens is 4. The van der Waals surface area contributed by atoms with Gasteiger partial charge in [0.25, 0.3) is 5.91 Å². The first-order valence-corrected chi connectivity index (χ1v) is 9.85. The highest BCUT2D eigenvalue weighted by Gasteiger charge is 2.28. The van der Waals surface area contributed by atoms with Crippen LogP contribution in [0.25, 0.3) is 11.5 Å². The van der Waals surface area contributed by atoms with Gasteiger partial charge >= 0.3 is 0 Å². The Kier molecular flexibility index (Phi) is 5.59. The minimum Gasteiger partial charge on any atom is -0.419 e. The van der Waals surface area contributed by atoms with E-state index in [1.807, 2.05) is 0 Å². The van der Waals surface area contributed by atoms with Crippen molar-refractivity contribution in [1.29, 1.82) is 5.26 Å². The van der Waals surface area contributed by atoms with E-state index in [2.05, 4.69) is 31.4 Å². The van der Waals surface area contributed by atoms with Crippen molar-refractivity contribution >= 4 is 5.91 Å². The molecule has 3 aromatic rings. The number of hydrogen-bond donors (Lipinski definition) is 1. The summed E-state index contributed by atoms with van der Waals surface area (Å²) >= 11 is 0. The summed E-state index contributed by atoms with van der Waals surface area (Å²) in [4.78, 5) is 16.2. The molecule has 30 heavy (non-hydrogen) atoms. The molecule has 0 bridgehead atoms. The zero-order valence-corrected chi connectivity index (χ0v) is 17.0. The molecule has 1 aliphatic rings. The summed E-state index contributed by atoms with van der Waals surface area (Å²) in [5.74, 6) is 1.14. The molecular weight excluding hydrogens is 382 g/mol. The molecule has 3 heterocycles. The average Bonchev–Trinajstić information content (AvgIpc) is 3.43. The van der Waals surface area contributed by atoms with Crippen LogP contribution in [0.15, 0.2) is 34.9 Å². The molecule has 1 atom stereocenters. The Balaban J connectivity index is 1.44. The lowest BCUT2D eigenvalue weighted by atomic mass is 9.92. The number of piperidine rings is 1. The number of nitriles is 1. The average molecular weight is 405 g/mol. The third-order valence-electron chi connectivity index (χ3n) is 5.31. The lowest BCUT2D eigenvalue weighted by Gasteiger charge is -2.31. The maximum absolute atomic E-state index is 12.4. The minimum absolute atomic E-state index is 0.0418. The van der Waals surface area contributed by atoms with E-state index in [0.29, 0.717) is 29.5 Å². The lowest BCUT2D eigenvalue weighted by molar-refractivity contribution is 0.0824. The first-order chi connectivity index (χ1) is 14.5. The number of rotatable bonds is 5. The topological polar surface area (TPSA) is 115 Å². The molecule has 1 saturated heterocycles. The van der Waals surface area contributed by atoms with Crippen molar-refractivity contribution in [3.63, 3.8) is 0 Å². The Hall–Kier alpha value is -3.51. The molecule has 9 nitrogen and oxygen atoms in total. The number of nitrogens with zero attached hydrogens (tertiary/aromatic N) is 6. The van der Waals surface area contributed by atoms with Crippen molar-refractivity contribution in [1.82, 2.24) is 30.2 Å². The van der Waals surface area contributed by atoms with Crippen LogP contribution in [-0.2, 0) is 6.54 Å². The molecule has 1 amide bonds. The Morgan fingerprint density at radius 2 is 2.13 bits per heavy atom. The van der Waals surface area contributed by atoms with E-state index < -0.39 is 0 Å². The van der Waals surface area contributed by atoms with Gasteiger partial charge in [-0.2, -0.15) is 10.4 Å². The van der Waals surface area contributed by atoms with E-state index in [9.17, 15) is 4.79 Å². The number of H-pyrrole nitrogens is 1. The molecule has 4 rings (SSSR count). The number of carbonyl (C=O) groups excluding carboxylic acids is 1. The summed E-state index contributed by atoms with van der Waals surface area (Å²) in [6.45, 7) is 2.26. The predicted molar refractivity (Wildman–Crippen MR) is 108 cm³/mol. The molecule has 1 fully saturated rings. The Morgan fingerprint density at radius 3 is 2.87 bits per heavy atom. The number of nitrogens with one attached hydrogen (secondary N) is 1. The summed E-state index contributed by atoms with van der Waals surface area (Å²) in [6, 6.07) is 9.15. The van der Waals surface area contributed by atoms with Crippen LogP contribution in [-0.4, -0.2) is 63.3 Å². The van der Waals surface area contributed by atoms with Gasteiger partial charge < -0.3 is 9.32 Å². The normalized spacial score (nSPS) is 16.9. The van der Waals surface area contributed by atoms with Crippen LogP contribution in [0, 0.1) is 11.3 Å². The van der Waals surface area contributed by atoms with Gasteiger partial charge in [-0.05, 0) is 43.7 Å². The highest BCUT2D eigenvalue weighted by molar-refractivity contribution is 5.94. The van der Waals surface area contributed by atoms with Gasteiger partial charge in [0.1, 0.15) is 0 Å². The number of benzene rings is 1. The fraction of sp³-hybridized carbons (Fsp3) is 0.381. The molecule has 0 saturated carbocycles. The maximum Gasteiger partial charge on any atom is 0.256 e. The Labute approximate surface area is 174 Å². The fourth-order valence-corrected chi connectivity index (χ4v) is 3.77. The largest absolute Gasteiger partial charge is 0.419 e. The highest BCUT2D eigenvalue weighted by Crippen LogP contribution is 2.29. The van der Waals surface area contributed by atoms with Crippen LogP contribution in [0.3, 0.4) is 0 Å². The van der Waals surface area contributed by atoms with Gasteiger partial charge in [-0.25, -0.2) is 0 Å². The second kappa shape index (κ2) is 8.47. The molecule has 1 N–H and O–H groups in total. The van der Waals surface area contributed by atoms with Gasteiger partial charge in [0, 0.05) is 32.1 Å². The smallest absolute Gasteiger partial charge is 0.256 e. The zero-order valence-electron chi connectivity index (χ0n) is 17.0. The molecule has 0 unspecified atom stereocenters. The first kappa shape index (κ1) is 19.8. The van der Waals surface area contributed by atoms with Gasteiger partial charge in [-0.15, -0.1) is 10.2 Å². The SMILES string of the molecule is CN(C)C(=O)c1cn[nH]c1[C@@H]1CCCN(Cc2nnc(-c3ccc(C#N)cc3)o2)C1. The predicted octanol–water partition coefficient (Wildman–Crippen LogP) is 2.41. The first-order valence-electron chi connectivity index (χ1n) is 9.85. The third-order valence-corrected chi connectivity index (χ3v) is 5.31. The van der Waals surface area contributed by atoms with Crippen LogP contribution in [0.2, 0.25) is 0 Å².